The van der Waals surface area contributed by atoms with Crippen LogP contribution < -0.4 is 5.32 Å². The van der Waals surface area contributed by atoms with E-state index in [-0.39, 0.29) is 17.9 Å². The van der Waals surface area contributed by atoms with Gasteiger partial charge >= 0.3 is 0 Å². The minimum absolute atomic E-state index is 0.0628. The SMILES string of the molecule is Cc1ccc(C(=O)NC2CCN(C(=O)c3cn(-c4ccccc4)nn3)CC2)cc1. The molecule has 148 valence electrons. The lowest BCUT2D eigenvalue weighted by atomic mass is 10.0. The van der Waals surface area contributed by atoms with Crippen LogP contribution in [-0.4, -0.2) is 50.8 Å². The van der Waals surface area contributed by atoms with Crippen LogP contribution in [0, 0.1) is 6.92 Å². The largest absolute Gasteiger partial charge is 0.349 e. The van der Waals surface area contributed by atoms with Crippen LogP contribution in [0.3, 0.4) is 0 Å². The van der Waals surface area contributed by atoms with Crippen molar-refractivity contribution < 1.29 is 9.59 Å². The highest BCUT2D eigenvalue weighted by atomic mass is 16.2. The van der Waals surface area contributed by atoms with Gasteiger partial charge in [-0.3, -0.25) is 9.59 Å². The first-order valence-corrected chi connectivity index (χ1v) is 9.75. The molecule has 2 amide bonds. The Hall–Kier alpha value is -3.48. The fraction of sp³-hybridized carbons (Fsp3) is 0.273. The Kier molecular flexibility index (Phi) is 5.37. The molecule has 0 aliphatic carbocycles. The number of amides is 2. The molecule has 2 heterocycles. The van der Waals surface area contributed by atoms with Gasteiger partial charge < -0.3 is 10.2 Å². The number of likely N-dealkylation sites (tertiary alicyclic amines) is 1. The van der Waals surface area contributed by atoms with Crippen molar-refractivity contribution in [3.63, 3.8) is 0 Å². The van der Waals surface area contributed by atoms with E-state index < -0.39 is 0 Å². The molecule has 0 radical (unpaired) electrons. The number of hydrogen-bond acceptors (Lipinski definition) is 4. The van der Waals surface area contributed by atoms with Crippen LogP contribution in [0.1, 0.15) is 39.3 Å². The van der Waals surface area contributed by atoms with Crippen LogP contribution in [0.2, 0.25) is 0 Å². The summed E-state index contributed by atoms with van der Waals surface area (Å²) >= 11 is 0. The number of hydrogen-bond donors (Lipinski definition) is 1. The normalized spacial score (nSPS) is 14.6. The minimum atomic E-state index is -0.129. The Balaban J connectivity index is 1.32. The third-order valence-corrected chi connectivity index (χ3v) is 5.16. The summed E-state index contributed by atoms with van der Waals surface area (Å²) < 4.78 is 1.60. The molecule has 3 aromatic rings. The van der Waals surface area contributed by atoms with E-state index in [9.17, 15) is 9.59 Å². The highest BCUT2D eigenvalue weighted by Gasteiger charge is 2.26. The molecule has 1 saturated heterocycles. The first-order chi connectivity index (χ1) is 14.1. The monoisotopic (exact) mass is 389 g/mol. The number of nitrogens with one attached hydrogen (secondary N) is 1. The molecular formula is C22H23N5O2. The second-order valence-electron chi connectivity index (χ2n) is 7.29. The van der Waals surface area contributed by atoms with Gasteiger partial charge in [-0.15, -0.1) is 5.10 Å². The van der Waals surface area contributed by atoms with E-state index in [1.165, 1.54) is 0 Å². The maximum absolute atomic E-state index is 12.7. The number of carbonyl (C=O) groups excluding carboxylic acids is 2. The van der Waals surface area contributed by atoms with Crippen molar-refractivity contribution in [3.8, 4) is 5.69 Å². The first kappa shape index (κ1) is 18.9. The average molecular weight is 389 g/mol. The summed E-state index contributed by atoms with van der Waals surface area (Å²) in [5, 5.41) is 11.2. The minimum Gasteiger partial charge on any atom is -0.349 e. The van der Waals surface area contributed by atoms with Crippen LogP contribution in [0.4, 0.5) is 0 Å². The smallest absolute Gasteiger partial charge is 0.276 e. The fourth-order valence-electron chi connectivity index (χ4n) is 3.43. The molecule has 0 spiro atoms. The lowest BCUT2D eigenvalue weighted by Crippen LogP contribution is -2.46. The summed E-state index contributed by atoms with van der Waals surface area (Å²) in [6, 6.07) is 17.1. The number of nitrogens with zero attached hydrogens (tertiary/aromatic N) is 4. The van der Waals surface area contributed by atoms with Gasteiger partial charge in [0, 0.05) is 24.7 Å². The highest BCUT2D eigenvalue weighted by molar-refractivity contribution is 5.94. The molecule has 0 atom stereocenters. The predicted octanol–water partition coefficient (Wildman–Crippen LogP) is 2.61. The zero-order valence-electron chi connectivity index (χ0n) is 16.3. The van der Waals surface area contributed by atoms with E-state index in [1.807, 2.05) is 61.5 Å². The standard InChI is InChI=1S/C22H23N5O2/c1-16-7-9-17(10-8-16)21(28)23-18-11-13-26(14-12-18)22(29)20-15-27(25-24-20)19-5-3-2-4-6-19/h2-10,15,18H,11-14H2,1H3,(H,23,28). The summed E-state index contributed by atoms with van der Waals surface area (Å²) in [6.45, 7) is 3.15. The van der Waals surface area contributed by atoms with E-state index in [0.29, 0.717) is 24.3 Å². The van der Waals surface area contributed by atoms with Crippen molar-refractivity contribution in [2.24, 2.45) is 0 Å². The van der Waals surface area contributed by atoms with Crippen molar-refractivity contribution in [2.75, 3.05) is 13.1 Å². The van der Waals surface area contributed by atoms with Gasteiger partial charge in [0.1, 0.15) is 0 Å². The fourth-order valence-corrected chi connectivity index (χ4v) is 3.43. The van der Waals surface area contributed by atoms with E-state index in [2.05, 4.69) is 15.6 Å². The molecule has 1 aliphatic rings. The van der Waals surface area contributed by atoms with Crippen molar-refractivity contribution in [3.05, 3.63) is 77.6 Å². The van der Waals surface area contributed by atoms with Gasteiger partial charge in [0.2, 0.25) is 0 Å². The van der Waals surface area contributed by atoms with E-state index in [4.69, 9.17) is 0 Å². The Morgan fingerprint density at radius 2 is 1.69 bits per heavy atom. The Labute approximate surface area is 169 Å². The summed E-state index contributed by atoms with van der Waals surface area (Å²) in [6.07, 6.45) is 3.09. The van der Waals surface area contributed by atoms with Crippen LogP contribution in [0.25, 0.3) is 5.69 Å². The molecule has 1 aliphatic heterocycles. The van der Waals surface area contributed by atoms with Crippen LogP contribution >= 0.6 is 0 Å². The number of rotatable bonds is 4. The Morgan fingerprint density at radius 3 is 2.38 bits per heavy atom. The zero-order chi connectivity index (χ0) is 20.2. The Morgan fingerprint density at radius 1 is 1.00 bits per heavy atom. The lowest BCUT2D eigenvalue weighted by Gasteiger charge is -2.31. The average Bonchev–Trinajstić information content (AvgIpc) is 3.25. The molecule has 1 aromatic heterocycles. The van der Waals surface area contributed by atoms with E-state index in [0.717, 1.165) is 24.1 Å². The quantitative estimate of drug-likeness (QED) is 0.744. The predicted molar refractivity (Wildman–Crippen MR) is 109 cm³/mol. The molecule has 4 rings (SSSR count). The van der Waals surface area contributed by atoms with Gasteiger partial charge in [-0.2, -0.15) is 0 Å². The highest BCUT2D eigenvalue weighted by Crippen LogP contribution is 2.15. The second kappa shape index (κ2) is 8.26. The van der Waals surface area contributed by atoms with Crippen molar-refractivity contribution >= 4 is 11.8 Å². The molecule has 2 aromatic carbocycles. The third-order valence-electron chi connectivity index (χ3n) is 5.16. The van der Waals surface area contributed by atoms with Crippen molar-refractivity contribution in [2.45, 2.75) is 25.8 Å². The van der Waals surface area contributed by atoms with E-state index in [1.54, 1.807) is 15.8 Å². The second-order valence-corrected chi connectivity index (χ2v) is 7.29. The first-order valence-electron chi connectivity index (χ1n) is 9.75. The third kappa shape index (κ3) is 4.34. The number of aryl methyl sites for hydroxylation is 1. The van der Waals surface area contributed by atoms with Crippen LogP contribution in [-0.2, 0) is 0 Å². The van der Waals surface area contributed by atoms with Gasteiger partial charge in [-0.25, -0.2) is 4.68 Å². The van der Waals surface area contributed by atoms with Gasteiger partial charge in [-0.05, 0) is 44.0 Å². The summed E-state index contributed by atoms with van der Waals surface area (Å²) in [4.78, 5) is 26.9. The van der Waals surface area contributed by atoms with Crippen LogP contribution in [0.5, 0.6) is 0 Å². The zero-order valence-corrected chi connectivity index (χ0v) is 16.3. The number of aromatic nitrogens is 3. The number of para-hydroxylation sites is 1. The van der Waals surface area contributed by atoms with Crippen molar-refractivity contribution in [1.29, 1.82) is 0 Å². The molecule has 0 unspecified atom stereocenters. The number of benzene rings is 2. The van der Waals surface area contributed by atoms with Gasteiger partial charge in [0.05, 0.1) is 11.9 Å². The molecule has 1 N–H and O–H groups in total. The summed E-state index contributed by atoms with van der Waals surface area (Å²) in [7, 11) is 0. The van der Waals surface area contributed by atoms with Gasteiger partial charge in [0.25, 0.3) is 11.8 Å². The summed E-state index contributed by atoms with van der Waals surface area (Å²) in [5.74, 6) is -0.198. The molecule has 29 heavy (non-hydrogen) atoms. The van der Waals surface area contributed by atoms with E-state index >= 15 is 0 Å². The van der Waals surface area contributed by atoms with Gasteiger partial charge in [0.15, 0.2) is 5.69 Å². The topological polar surface area (TPSA) is 80.1 Å². The molecule has 0 bridgehead atoms. The van der Waals surface area contributed by atoms with Gasteiger partial charge in [-0.1, -0.05) is 41.1 Å². The summed E-state index contributed by atoms with van der Waals surface area (Å²) in [5.41, 5.74) is 2.97. The lowest BCUT2D eigenvalue weighted by molar-refractivity contribution is 0.0692. The van der Waals surface area contributed by atoms with Crippen LogP contribution in [0.15, 0.2) is 60.8 Å². The Bertz CT molecular complexity index is 990. The maximum atomic E-state index is 12.7. The van der Waals surface area contributed by atoms with Crippen molar-refractivity contribution in [1.82, 2.24) is 25.2 Å². The molecule has 0 saturated carbocycles. The molecule has 7 heteroatoms. The molecular weight excluding hydrogens is 366 g/mol. The molecule has 1 fully saturated rings. The maximum Gasteiger partial charge on any atom is 0.276 e. The number of carbonyl (C=O) groups is 2. The molecule has 7 nitrogen and oxygen atoms in total. The number of piperidine rings is 1.